The second kappa shape index (κ2) is 5.75. The number of amides is 1. The average molecular weight is 321 g/mol. The predicted molar refractivity (Wildman–Crippen MR) is 76.3 cm³/mol. The molecule has 2 N–H and O–H groups in total. The van der Waals surface area contributed by atoms with Crippen molar-refractivity contribution in [3.8, 4) is 17.2 Å². The molecular weight excluding hydrogens is 310 g/mol. The standard InChI is InChI=1S/C14H11BrNO3/c1-9(17)16-13-12(18)8-7-11(15)14(13)19-10-5-3-2-4-6-10/h2-8,18H,1H2,(H,16,17). The van der Waals surface area contributed by atoms with E-state index in [-0.39, 0.29) is 11.4 Å². The van der Waals surface area contributed by atoms with Gasteiger partial charge in [0.25, 0.3) is 0 Å². The lowest BCUT2D eigenvalue weighted by molar-refractivity contribution is -0.112. The summed E-state index contributed by atoms with van der Waals surface area (Å²) in [5, 5.41) is 12.2. The highest BCUT2D eigenvalue weighted by atomic mass is 79.9. The molecule has 97 valence electrons. The number of carbonyl (C=O) groups excluding carboxylic acids is 1. The van der Waals surface area contributed by atoms with Crippen LogP contribution in [0.25, 0.3) is 0 Å². The van der Waals surface area contributed by atoms with Crippen LogP contribution in [-0.2, 0) is 4.79 Å². The average Bonchev–Trinajstić information content (AvgIpc) is 2.39. The Hall–Kier alpha value is -2.01. The van der Waals surface area contributed by atoms with Gasteiger partial charge in [-0.1, -0.05) is 18.2 Å². The van der Waals surface area contributed by atoms with Crippen molar-refractivity contribution in [2.75, 3.05) is 5.32 Å². The molecule has 19 heavy (non-hydrogen) atoms. The van der Waals surface area contributed by atoms with E-state index in [1.807, 2.05) is 18.2 Å². The zero-order valence-corrected chi connectivity index (χ0v) is 11.5. The highest BCUT2D eigenvalue weighted by molar-refractivity contribution is 9.10. The molecule has 0 heterocycles. The third-order valence-electron chi connectivity index (χ3n) is 2.32. The van der Waals surface area contributed by atoms with Gasteiger partial charge in [0, 0.05) is 6.92 Å². The summed E-state index contributed by atoms with van der Waals surface area (Å²) in [4.78, 5) is 11.1. The molecule has 0 saturated heterocycles. The molecule has 5 heteroatoms. The van der Waals surface area contributed by atoms with E-state index in [0.29, 0.717) is 16.0 Å². The number of aromatic hydroxyl groups is 1. The van der Waals surface area contributed by atoms with Crippen molar-refractivity contribution in [2.24, 2.45) is 0 Å². The number of carbonyl (C=O) groups is 1. The topological polar surface area (TPSA) is 58.6 Å². The second-order valence-electron chi connectivity index (χ2n) is 3.73. The fraction of sp³-hybridized carbons (Fsp3) is 0. The van der Waals surface area contributed by atoms with Crippen LogP contribution in [0.4, 0.5) is 5.69 Å². The van der Waals surface area contributed by atoms with E-state index in [2.05, 4.69) is 28.2 Å². The van der Waals surface area contributed by atoms with Crippen LogP contribution in [0.2, 0.25) is 0 Å². The summed E-state index contributed by atoms with van der Waals surface area (Å²) in [5.74, 6) is 0.286. The monoisotopic (exact) mass is 320 g/mol. The number of nitrogens with one attached hydrogen (secondary N) is 1. The number of para-hydroxylation sites is 1. The van der Waals surface area contributed by atoms with Crippen molar-refractivity contribution >= 4 is 27.5 Å². The van der Waals surface area contributed by atoms with E-state index in [1.54, 1.807) is 18.2 Å². The Kier molecular flexibility index (Phi) is 4.06. The number of hydrogen-bond acceptors (Lipinski definition) is 3. The van der Waals surface area contributed by atoms with Gasteiger partial charge in [-0.25, -0.2) is 0 Å². The number of hydrogen-bond donors (Lipinski definition) is 2. The first-order valence-corrected chi connectivity index (χ1v) is 6.24. The van der Waals surface area contributed by atoms with E-state index >= 15 is 0 Å². The zero-order chi connectivity index (χ0) is 13.8. The lowest BCUT2D eigenvalue weighted by atomic mass is 10.2. The first kappa shape index (κ1) is 13.4. The van der Waals surface area contributed by atoms with Crippen molar-refractivity contribution in [1.82, 2.24) is 0 Å². The molecule has 4 nitrogen and oxygen atoms in total. The van der Waals surface area contributed by atoms with E-state index in [1.165, 1.54) is 6.07 Å². The molecule has 0 spiro atoms. The molecule has 1 amide bonds. The van der Waals surface area contributed by atoms with Crippen LogP contribution in [0.5, 0.6) is 17.2 Å². The molecule has 2 aromatic rings. The number of anilines is 1. The molecule has 0 bridgehead atoms. The van der Waals surface area contributed by atoms with Gasteiger partial charge in [0.1, 0.15) is 17.2 Å². The fourth-order valence-electron chi connectivity index (χ4n) is 1.51. The summed E-state index contributed by atoms with van der Waals surface area (Å²) >= 11 is 3.32. The maximum atomic E-state index is 11.1. The maximum absolute atomic E-state index is 11.1. The lowest BCUT2D eigenvalue weighted by Gasteiger charge is -2.14. The lowest BCUT2D eigenvalue weighted by Crippen LogP contribution is -2.07. The number of phenolic OH excluding ortho intramolecular Hbond substituents is 1. The van der Waals surface area contributed by atoms with Gasteiger partial charge in [0.15, 0.2) is 5.75 Å². The second-order valence-corrected chi connectivity index (χ2v) is 4.59. The third-order valence-corrected chi connectivity index (χ3v) is 2.94. The molecular formula is C14H11BrNO3. The number of halogens is 1. The highest BCUT2D eigenvalue weighted by Crippen LogP contribution is 2.42. The Morgan fingerprint density at radius 3 is 2.53 bits per heavy atom. The quantitative estimate of drug-likeness (QED) is 0.847. The van der Waals surface area contributed by atoms with Gasteiger partial charge in [0.05, 0.1) is 4.47 Å². The number of rotatable bonds is 3. The summed E-state index contributed by atoms with van der Waals surface area (Å²) in [6.07, 6.45) is 0. The summed E-state index contributed by atoms with van der Waals surface area (Å²) in [6, 6.07) is 12.1. The molecule has 0 aliphatic carbocycles. The summed E-state index contributed by atoms with van der Waals surface area (Å²) in [6.45, 7) is 3.22. The largest absolute Gasteiger partial charge is 0.506 e. The molecule has 0 saturated carbocycles. The first-order valence-electron chi connectivity index (χ1n) is 5.45. The Bertz CT molecular complexity index is 599. The van der Waals surface area contributed by atoms with Crippen LogP contribution in [0.1, 0.15) is 0 Å². The summed E-state index contributed by atoms with van der Waals surface area (Å²) in [5.41, 5.74) is 0.179. The molecule has 1 radical (unpaired) electrons. The van der Waals surface area contributed by atoms with E-state index in [0.717, 1.165) is 0 Å². The zero-order valence-electron chi connectivity index (χ0n) is 9.89. The smallest absolute Gasteiger partial charge is 0.225 e. The van der Waals surface area contributed by atoms with Crippen LogP contribution in [-0.4, -0.2) is 11.0 Å². The van der Waals surface area contributed by atoms with Crippen molar-refractivity contribution < 1.29 is 14.6 Å². The van der Waals surface area contributed by atoms with E-state index in [9.17, 15) is 9.90 Å². The molecule has 0 fully saturated rings. The van der Waals surface area contributed by atoms with Gasteiger partial charge in [0.2, 0.25) is 5.91 Å². The van der Waals surface area contributed by atoms with Crippen LogP contribution in [0.15, 0.2) is 46.9 Å². The van der Waals surface area contributed by atoms with Gasteiger partial charge in [-0.05, 0) is 40.2 Å². The molecule has 0 aliphatic rings. The molecule has 0 atom stereocenters. The van der Waals surface area contributed by atoms with Gasteiger partial charge < -0.3 is 15.2 Å². The van der Waals surface area contributed by atoms with E-state index < -0.39 is 5.91 Å². The van der Waals surface area contributed by atoms with Crippen molar-refractivity contribution in [3.05, 3.63) is 53.9 Å². The molecule has 2 aromatic carbocycles. The Morgan fingerprint density at radius 2 is 1.89 bits per heavy atom. The van der Waals surface area contributed by atoms with Crippen molar-refractivity contribution in [2.45, 2.75) is 0 Å². The Labute approximate surface area is 119 Å². The maximum Gasteiger partial charge on any atom is 0.225 e. The highest BCUT2D eigenvalue weighted by Gasteiger charge is 2.15. The molecule has 0 aromatic heterocycles. The van der Waals surface area contributed by atoms with Crippen LogP contribution in [0, 0.1) is 6.92 Å². The number of ether oxygens (including phenoxy) is 1. The van der Waals surface area contributed by atoms with Gasteiger partial charge in [-0.15, -0.1) is 0 Å². The van der Waals surface area contributed by atoms with Crippen LogP contribution in [0.3, 0.4) is 0 Å². The van der Waals surface area contributed by atoms with Crippen LogP contribution < -0.4 is 10.1 Å². The summed E-state index contributed by atoms with van der Waals surface area (Å²) < 4.78 is 6.28. The normalized spacial score (nSPS) is 10.0. The molecule has 2 rings (SSSR count). The minimum Gasteiger partial charge on any atom is -0.506 e. The fourth-order valence-corrected chi connectivity index (χ4v) is 1.92. The van der Waals surface area contributed by atoms with Gasteiger partial charge in [-0.3, -0.25) is 4.79 Å². The van der Waals surface area contributed by atoms with Gasteiger partial charge >= 0.3 is 0 Å². The minimum absolute atomic E-state index is 0.0915. The molecule has 0 unspecified atom stereocenters. The summed E-state index contributed by atoms with van der Waals surface area (Å²) in [7, 11) is 0. The van der Waals surface area contributed by atoms with Crippen molar-refractivity contribution in [1.29, 1.82) is 0 Å². The predicted octanol–water partition coefficient (Wildman–Crippen LogP) is 3.72. The SMILES string of the molecule is [CH2]C(=O)Nc1c(O)ccc(Br)c1Oc1ccccc1. The van der Waals surface area contributed by atoms with Crippen LogP contribution >= 0.6 is 15.9 Å². The van der Waals surface area contributed by atoms with Crippen molar-refractivity contribution in [3.63, 3.8) is 0 Å². The third kappa shape index (κ3) is 3.26. The Morgan fingerprint density at radius 1 is 1.21 bits per heavy atom. The number of phenols is 1. The number of benzene rings is 2. The van der Waals surface area contributed by atoms with Gasteiger partial charge in [-0.2, -0.15) is 0 Å². The van der Waals surface area contributed by atoms with E-state index in [4.69, 9.17) is 4.74 Å². The Balaban J connectivity index is 2.43. The minimum atomic E-state index is -0.536. The first-order chi connectivity index (χ1) is 9.08. The molecule has 0 aliphatic heterocycles.